The summed E-state index contributed by atoms with van der Waals surface area (Å²) in [4.78, 5) is 55.9. The number of carbonyl (C=O) groups excluding carboxylic acids is 5. The summed E-state index contributed by atoms with van der Waals surface area (Å²) in [7, 11) is 0. The average molecular weight is 561 g/mol. The summed E-state index contributed by atoms with van der Waals surface area (Å²) in [5.74, 6) is 6.09. The van der Waals surface area contributed by atoms with Crippen molar-refractivity contribution in [1.29, 1.82) is 0 Å². The van der Waals surface area contributed by atoms with Crippen molar-refractivity contribution in [2.75, 3.05) is 26.4 Å². The number of ketones is 4. The number of ether oxygens (including phenoxy) is 2. The Balaban J connectivity index is -0.000000720. The van der Waals surface area contributed by atoms with Crippen LogP contribution >= 0.6 is 0 Å². The van der Waals surface area contributed by atoms with Gasteiger partial charge in [-0.2, -0.15) is 0 Å². The molecule has 1 aromatic rings. The van der Waals surface area contributed by atoms with Crippen molar-refractivity contribution in [3.8, 4) is 11.8 Å². The molecule has 1 rings (SSSR count). The van der Waals surface area contributed by atoms with Gasteiger partial charge in [0.2, 0.25) is 0 Å². The Morgan fingerprint density at radius 1 is 0.900 bits per heavy atom. The molecule has 1 aromatic carbocycles. The molecule has 0 aliphatic heterocycles. The molecule has 226 valence electrons. The van der Waals surface area contributed by atoms with E-state index in [-0.39, 0.29) is 42.3 Å². The molecule has 0 bridgehead atoms. The van der Waals surface area contributed by atoms with Crippen molar-refractivity contribution in [2.24, 2.45) is 5.92 Å². The largest absolute Gasteiger partial charge is 0.371 e. The third-order valence-electron chi connectivity index (χ3n) is 5.16. The second-order valence-electron chi connectivity index (χ2n) is 8.51. The number of carbonyl (C=O) groups is 5. The SMILES string of the molecule is CC.CC.CCCC(=O)CCC(C)C(C)=O.CCCC(=O)c1cccc(C#CCOCCOCC(C)=O)c1C=O. The fourth-order valence-corrected chi connectivity index (χ4v) is 2.98. The van der Waals surface area contributed by atoms with Gasteiger partial charge in [-0.25, -0.2) is 0 Å². The molecular formula is C33H52O7. The van der Waals surface area contributed by atoms with Crippen LogP contribution in [-0.4, -0.2) is 55.8 Å². The van der Waals surface area contributed by atoms with Crippen LogP contribution in [0, 0.1) is 17.8 Å². The lowest BCUT2D eigenvalue weighted by Gasteiger charge is -2.05. The van der Waals surface area contributed by atoms with E-state index in [2.05, 4.69) is 11.8 Å². The quantitative estimate of drug-likeness (QED) is 0.0940. The molecule has 7 nitrogen and oxygen atoms in total. The first-order valence-electron chi connectivity index (χ1n) is 14.4. The minimum Gasteiger partial charge on any atom is -0.371 e. The van der Waals surface area contributed by atoms with Gasteiger partial charge in [-0.1, -0.05) is 72.4 Å². The maximum Gasteiger partial charge on any atom is 0.163 e. The second kappa shape index (κ2) is 29.0. The van der Waals surface area contributed by atoms with Crippen molar-refractivity contribution in [1.82, 2.24) is 0 Å². The zero-order valence-electron chi connectivity index (χ0n) is 26.3. The zero-order valence-corrected chi connectivity index (χ0v) is 26.3. The summed E-state index contributed by atoms with van der Waals surface area (Å²) < 4.78 is 10.3. The van der Waals surface area contributed by atoms with Crippen molar-refractivity contribution in [3.05, 3.63) is 34.9 Å². The second-order valence-corrected chi connectivity index (χ2v) is 8.51. The highest BCUT2D eigenvalue weighted by molar-refractivity contribution is 6.03. The predicted octanol–water partition coefficient (Wildman–Crippen LogP) is 6.87. The smallest absolute Gasteiger partial charge is 0.163 e. The van der Waals surface area contributed by atoms with E-state index in [0.717, 1.165) is 12.8 Å². The zero-order chi connectivity index (χ0) is 31.3. The van der Waals surface area contributed by atoms with E-state index in [4.69, 9.17) is 9.47 Å². The van der Waals surface area contributed by atoms with Gasteiger partial charge in [0.1, 0.15) is 24.8 Å². The van der Waals surface area contributed by atoms with Gasteiger partial charge in [0, 0.05) is 41.9 Å². The van der Waals surface area contributed by atoms with E-state index in [0.29, 0.717) is 61.9 Å². The highest BCUT2D eigenvalue weighted by Crippen LogP contribution is 2.15. The summed E-state index contributed by atoms with van der Waals surface area (Å²) >= 11 is 0. The van der Waals surface area contributed by atoms with E-state index < -0.39 is 0 Å². The fraction of sp³-hybridized carbons (Fsp3) is 0.606. The lowest BCUT2D eigenvalue weighted by Crippen LogP contribution is -2.09. The highest BCUT2D eigenvalue weighted by atomic mass is 16.5. The van der Waals surface area contributed by atoms with Gasteiger partial charge in [-0.15, -0.1) is 0 Å². The summed E-state index contributed by atoms with van der Waals surface area (Å²) in [6.45, 7) is 17.7. The first-order chi connectivity index (χ1) is 19.2. The van der Waals surface area contributed by atoms with Crippen LogP contribution in [-0.2, 0) is 23.9 Å². The minimum absolute atomic E-state index is 0.0336. The van der Waals surface area contributed by atoms with Crippen molar-refractivity contribution in [2.45, 2.75) is 101 Å². The molecule has 7 heteroatoms. The molecule has 1 unspecified atom stereocenters. The maximum absolute atomic E-state index is 12.0. The standard InChI is InChI=1S/C19H22O5.C10H18O2.2C2H6/c1-3-6-19(22)17-9-4-7-16(18(17)13-20)8-5-10-23-11-12-24-14-15(2)21;1-4-5-10(12)7-6-8(2)9(3)11;2*1-2/h4,7,9,13H,3,6,10-12,14H2,1-2H3;8H,4-7H2,1-3H3;2*1-2H3. The third kappa shape index (κ3) is 21.9. The van der Waals surface area contributed by atoms with Crippen LogP contribution in [0.15, 0.2) is 18.2 Å². The van der Waals surface area contributed by atoms with E-state index in [1.807, 2.05) is 48.5 Å². The maximum atomic E-state index is 12.0. The van der Waals surface area contributed by atoms with Gasteiger partial charge >= 0.3 is 0 Å². The predicted molar refractivity (Wildman–Crippen MR) is 162 cm³/mol. The summed E-state index contributed by atoms with van der Waals surface area (Å²) in [5, 5.41) is 0. The summed E-state index contributed by atoms with van der Waals surface area (Å²) in [5.41, 5.74) is 1.26. The van der Waals surface area contributed by atoms with Crippen LogP contribution in [0.4, 0.5) is 0 Å². The Kier molecular flexibility index (Phi) is 30.2. The normalized spacial score (nSPS) is 10.0. The van der Waals surface area contributed by atoms with Crippen molar-refractivity contribution < 1.29 is 33.4 Å². The molecule has 1 atom stereocenters. The van der Waals surface area contributed by atoms with Crippen LogP contribution < -0.4 is 0 Å². The topological polar surface area (TPSA) is 104 Å². The van der Waals surface area contributed by atoms with Crippen LogP contribution in [0.25, 0.3) is 0 Å². The lowest BCUT2D eigenvalue weighted by molar-refractivity contribution is -0.122. The number of benzene rings is 1. The Hall–Kier alpha value is -2.95. The molecule has 0 spiro atoms. The average Bonchev–Trinajstić information content (AvgIpc) is 2.95. The Labute approximate surface area is 242 Å². The van der Waals surface area contributed by atoms with Gasteiger partial charge in [0.25, 0.3) is 0 Å². The summed E-state index contributed by atoms with van der Waals surface area (Å²) in [6, 6.07) is 5.07. The van der Waals surface area contributed by atoms with Crippen molar-refractivity contribution >= 4 is 29.4 Å². The third-order valence-corrected chi connectivity index (χ3v) is 5.16. The van der Waals surface area contributed by atoms with Gasteiger partial charge in [0.05, 0.1) is 13.2 Å². The van der Waals surface area contributed by atoms with Crippen LogP contribution in [0.1, 0.15) is 127 Å². The first-order valence-corrected chi connectivity index (χ1v) is 14.4. The van der Waals surface area contributed by atoms with E-state index in [1.165, 1.54) is 6.92 Å². The molecule has 40 heavy (non-hydrogen) atoms. The van der Waals surface area contributed by atoms with E-state index in [9.17, 15) is 24.0 Å². The molecule has 0 aromatic heterocycles. The Morgan fingerprint density at radius 2 is 1.50 bits per heavy atom. The highest BCUT2D eigenvalue weighted by Gasteiger charge is 2.12. The number of hydrogen-bond acceptors (Lipinski definition) is 7. The molecule has 0 amide bonds. The van der Waals surface area contributed by atoms with Crippen LogP contribution in [0.2, 0.25) is 0 Å². The van der Waals surface area contributed by atoms with E-state index in [1.54, 1.807) is 25.1 Å². The monoisotopic (exact) mass is 560 g/mol. The van der Waals surface area contributed by atoms with Gasteiger partial charge in [-0.3, -0.25) is 24.0 Å². The number of rotatable bonds is 16. The molecule has 0 radical (unpaired) electrons. The fourth-order valence-electron chi connectivity index (χ4n) is 2.98. The minimum atomic E-state index is -0.0536. The lowest BCUT2D eigenvalue weighted by atomic mass is 9.97. The molecule has 0 fully saturated rings. The molecule has 0 saturated carbocycles. The van der Waals surface area contributed by atoms with Crippen LogP contribution in [0.5, 0.6) is 0 Å². The Bertz CT molecular complexity index is 922. The first kappa shape index (κ1) is 41.5. The number of Topliss-reactive ketones (excluding diaryl/α,β-unsaturated/α-hetero) is 4. The molecule has 0 aliphatic carbocycles. The number of hydrogen-bond donors (Lipinski definition) is 0. The van der Waals surface area contributed by atoms with Crippen molar-refractivity contribution in [3.63, 3.8) is 0 Å². The molecular weight excluding hydrogens is 508 g/mol. The van der Waals surface area contributed by atoms with E-state index >= 15 is 0 Å². The van der Waals surface area contributed by atoms with Gasteiger partial charge in [0.15, 0.2) is 17.9 Å². The van der Waals surface area contributed by atoms with Gasteiger partial charge < -0.3 is 9.47 Å². The molecule has 0 saturated heterocycles. The molecule has 0 N–H and O–H groups in total. The van der Waals surface area contributed by atoms with Crippen LogP contribution in [0.3, 0.4) is 0 Å². The van der Waals surface area contributed by atoms with Gasteiger partial charge in [-0.05, 0) is 39.2 Å². The Morgan fingerprint density at radius 3 is 2.02 bits per heavy atom. The molecule has 0 heterocycles. The number of aldehydes is 1. The summed E-state index contributed by atoms with van der Waals surface area (Å²) in [6.07, 6.45) is 4.65. The molecule has 0 aliphatic rings.